The van der Waals surface area contributed by atoms with E-state index in [2.05, 4.69) is 56.6 Å². The summed E-state index contributed by atoms with van der Waals surface area (Å²) < 4.78 is 0. The van der Waals surface area contributed by atoms with Gasteiger partial charge in [0, 0.05) is 11.7 Å². The van der Waals surface area contributed by atoms with E-state index in [4.69, 9.17) is 11.6 Å². The molecule has 2 aromatic carbocycles. The normalized spacial score (nSPS) is 15.8. The van der Waals surface area contributed by atoms with Crippen LogP contribution in [0.25, 0.3) is 0 Å². The lowest BCUT2D eigenvalue weighted by atomic mass is 10.1. The lowest BCUT2D eigenvalue weighted by Crippen LogP contribution is -2.25. The molecule has 0 fully saturated rings. The van der Waals surface area contributed by atoms with Crippen molar-refractivity contribution in [2.24, 2.45) is 0 Å². The van der Waals surface area contributed by atoms with E-state index in [1.807, 2.05) is 26.0 Å². The first kappa shape index (κ1) is 16.8. The van der Waals surface area contributed by atoms with Gasteiger partial charge in [-0.3, -0.25) is 0 Å². The van der Waals surface area contributed by atoms with E-state index >= 15 is 0 Å². The minimum Gasteiger partial charge on any atom is -0.322 e. The fraction of sp³-hybridized carbons (Fsp3) is 0.250. The van der Waals surface area contributed by atoms with E-state index in [1.54, 1.807) is 6.20 Å². The summed E-state index contributed by atoms with van der Waals surface area (Å²) in [5.41, 5.74) is 5.48. The van der Waals surface area contributed by atoms with E-state index in [1.165, 1.54) is 11.3 Å². The Balaban J connectivity index is 1.68. The molecule has 1 unspecified atom stereocenters. The number of benzene rings is 2. The molecule has 0 saturated carbocycles. The zero-order valence-electron chi connectivity index (χ0n) is 15.0. The van der Waals surface area contributed by atoms with Crippen LogP contribution in [0, 0.1) is 13.8 Å². The molecular formula is C20H20ClN5. The third kappa shape index (κ3) is 2.99. The maximum atomic E-state index is 6.39. The van der Waals surface area contributed by atoms with Crippen LogP contribution in [-0.2, 0) is 6.42 Å². The molecule has 1 aliphatic rings. The van der Waals surface area contributed by atoms with Crippen LogP contribution in [0.1, 0.15) is 23.6 Å². The molecule has 0 spiro atoms. The Hall–Kier alpha value is -2.66. The van der Waals surface area contributed by atoms with Crippen LogP contribution in [0.2, 0.25) is 5.02 Å². The summed E-state index contributed by atoms with van der Waals surface area (Å²) in [6.07, 6.45) is 2.69. The van der Waals surface area contributed by atoms with Gasteiger partial charge in [0.2, 0.25) is 5.95 Å². The van der Waals surface area contributed by atoms with Gasteiger partial charge in [0.25, 0.3) is 0 Å². The molecule has 3 aromatic rings. The third-order valence-electron chi connectivity index (χ3n) is 4.67. The average Bonchev–Trinajstić information content (AvgIpc) is 2.94. The number of rotatable bonds is 3. The van der Waals surface area contributed by atoms with Gasteiger partial charge in [0.05, 0.1) is 16.9 Å². The average molecular weight is 366 g/mol. The minimum atomic E-state index is 0.321. The van der Waals surface area contributed by atoms with Crippen LogP contribution in [0.5, 0.6) is 0 Å². The van der Waals surface area contributed by atoms with Gasteiger partial charge >= 0.3 is 0 Å². The number of nitrogens with one attached hydrogen (secondary N) is 1. The van der Waals surface area contributed by atoms with Crippen molar-refractivity contribution in [2.45, 2.75) is 33.2 Å². The Morgan fingerprint density at radius 2 is 2.00 bits per heavy atom. The number of fused-ring (bicyclic) bond motifs is 1. The highest BCUT2D eigenvalue weighted by molar-refractivity contribution is 6.33. The second-order valence-corrected chi connectivity index (χ2v) is 7.16. The highest BCUT2D eigenvalue weighted by Gasteiger charge is 2.28. The molecule has 1 aliphatic heterocycles. The molecule has 6 heteroatoms. The largest absolute Gasteiger partial charge is 0.322 e. The second kappa shape index (κ2) is 6.57. The van der Waals surface area contributed by atoms with Crippen molar-refractivity contribution in [3.8, 4) is 0 Å². The third-order valence-corrected chi connectivity index (χ3v) is 4.97. The fourth-order valence-corrected chi connectivity index (χ4v) is 3.93. The monoisotopic (exact) mass is 365 g/mol. The molecule has 4 rings (SSSR count). The quantitative estimate of drug-likeness (QED) is 0.710. The van der Waals surface area contributed by atoms with Crippen molar-refractivity contribution in [2.75, 3.05) is 10.2 Å². The zero-order chi connectivity index (χ0) is 18.3. The van der Waals surface area contributed by atoms with Crippen molar-refractivity contribution in [3.05, 3.63) is 64.3 Å². The smallest absolute Gasteiger partial charge is 0.249 e. The SMILES string of the molecule is Cc1cc(C)c(Nc2nncc(N3c4ccccc4CC3C)n2)c(Cl)c1. The molecule has 0 saturated heterocycles. The Labute approximate surface area is 158 Å². The van der Waals surface area contributed by atoms with Crippen LogP contribution >= 0.6 is 11.6 Å². The van der Waals surface area contributed by atoms with Gasteiger partial charge < -0.3 is 10.2 Å². The molecule has 2 heterocycles. The molecule has 0 bridgehead atoms. The summed E-state index contributed by atoms with van der Waals surface area (Å²) in [4.78, 5) is 6.89. The number of nitrogens with zero attached hydrogens (tertiary/aromatic N) is 4. The van der Waals surface area contributed by atoms with Crippen molar-refractivity contribution in [3.63, 3.8) is 0 Å². The van der Waals surface area contributed by atoms with Gasteiger partial charge in [-0.05, 0) is 56.0 Å². The first-order chi connectivity index (χ1) is 12.5. The number of aryl methyl sites for hydroxylation is 2. The van der Waals surface area contributed by atoms with Crippen molar-refractivity contribution >= 4 is 34.7 Å². The Kier molecular flexibility index (Phi) is 4.24. The molecule has 1 N–H and O–H groups in total. The van der Waals surface area contributed by atoms with E-state index in [9.17, 15) is 0 Å². The Morgan fingerprint density at radius 1 is 1.19 bits per heavy atom. The predicted molar refractivity (Wildman–Crippen MR) is 106 cm³/mol. The number of hydrogen-bond donors (Lipinski definition) is 1. The van der Waals surface area contributed by atoms with E-state index in [-0.39, 0.29) is 0 Å². The summed E-state index contributed by atoms with van der Waals surface area (Å²) in [7, 11) is 0. The standard InChI is InChI=1S/C20H20ClN5/c1-12-8-13(2)19(16(21)9-12)24-20-23-18(11-22-25-20)26-14(3)10-15-6-4-5-7-17(15)26/h4-9,11,14H,10H2,1-3H3,(H,23,24,25). The summed E-state index contributed by atoms with van der Waals surface area (Å²) in [6.45, 7) is 6.22. The van der Waals surface area contributed by atoms with Crippen molar-refractivity contribution < 1.29 is 0 Å². The molecule has 5 nitrogen and oxygen atoms in total. The second-order valence-electron chi connectivity index (χ2n) is 6.75. The van der Waals surface area contributed by atoms with Crippen LogP contribution in [0.4, 0.5) is 23.1 Å². The van der Waals surface area contributed by atoms with Gasteiger partial charge in [-0.15, -0.1) is 5.10 Å². The van der Waals surface area contributed by atoms with Gasteiger partial charge in [0.15, 0.2) is 5.82 Å². The number of para-hydroxylation sites is 1. The summed E-state index contributed by atoms with van der Waals surface area (Å²) in [5, 5.41) is 12.2. The lowest BCUT2D eigenvalue weighted by molar-refractivity contribution is 0.745. The summed E-state index contributed by atoms with van der Waals surface area (Å²) >= 11 is 6.39. The van der Waals surface area contributed by atoms with Gasteiger partial charge in [-0.2, -0.15) is 10.1 Å². The first-order valence-electron chi connectivity index (χ1n) is 8.63. The maximum absolute atomic E-state index is 6.39. The number of aromatic nitrogens is 3. The highest BCUT2D eigenvalue weighted by atomic mass is 35.5. The molecule has 26 heavy (non-hydrogen) atoms. The topological polar surface area (TPSA) is 53.9 Å². The maximum Gasteiger partial charge on any atom is 0.249 e. The molecule has 1 aromatic heterocycles. The predicted octanol–water partition coefficient (Wildman–Crippen LogP) is 4.97. The minimum absolute atomic E-state index is 0.321. The van der Waals surface area contributed by atoms with Crippen LogP contribution in [0.15, 0.2) is 42.6 Å². The first-order valence-corrected chi connectivity index (χ1v) is 9.01. The number of halogens is 1. The van der Waals surface area contributed by atoms with E-state index < -0.39 is 0 Å². The lowest BCUT2D eigenvalue weighted by Gasteiger charge is -2.23. The zero-order valence-corrected chi connectivity index (χ0v) is 15.7. The van der Waals surface area contributed by atoms with Crippen molar-refractivity contribution in [1.29, 1.82) is 0 Å². The Bertz CT molecular complexity index is 949. The van der Waals surface area contributed by atoms with Crippen LogP contribution < -0.4 is 10.2 Å². The molecule has 1 atom stereocenters. The van der Waals surface area contributed by atoms with Crippen LogP contribution in [-0.4, -0.2) is 21.2 Å². The van der Waals surface area contributed by atoms with E-state index in [0.717, 1.165) is 29.1 Å². The number of anilines is 4. The molecule has 0 aliphatic carbocycles. The highest BCUT2D eigenvalue weighted by Crippen LogP contribution is 2.37. The fourth-order valence-electron chi connectivity index (χ4n) is 3.56. The molecule has 132 valence electrons. The molecule has 0 amide bonds. The number of hydrogen-bond acceptors (Lipinski definition) is 5. The molecule has 0 radical (unpaired) electrons. The summed E-state index contributed by atoms with van der Waals surface area (Å²) in [6, 6.07) is 12.7. The molecular weight excluding hydrogens is 346 g/mol. The van der Waals surface area contributed by atoms with Gasteiger partial charge in [-0.25, -0.2) is 0 Å². The van der Waals surface area contributed by atoms with E-state index in [0.29, 0.717) is 17.0 Å². The van der Waals surface area contributed by atoms with Gasteiger partial charge in [-0.1, -0.05) is 35.9 Å². The Morgan fingerprint density at radius 3 is 2.81 bits per heavy atom. The van der Waals surface area contributed by atoms with Crippen LogP contribution in [0.3, 0.4) is 0 Å². The summed E-state index contributed by atoms with van der Waals surface area (Å²) in [5.74, 6) is 1.22. The van der Waals surface area contributed by atoms with Gasteiger partial charge in [0.1, 0.15) is 0 Å². The van der Waals surface area contributed by atoms with Crippen molar-refractivity contribution in [1.82, 2.24) is 15.2 Å².